The number of nitrogens with zero attached hydrogens (tertiary/aromatic N) is 6. The van der Waals surface area contributed by atoms with Crippen LogP contribution < -0.4 is 21.5 Å². The van der Waals surface area contributed by atoms with E-state index in [1.54, 1.807) is 39.8 Å². The normalized spacial score (nSPS) is 17.6. The molecule has 0 saturated carbocycles. The van der Waals surface area contributed by atoms with E-state index < -0.39 is 5.54 Å². The van der Waals surface area contributed by atoms with Crippen LogP contribution in [0.3, 0.4) is 0 Å². The molecule has 0 unspecified atom stereocenters. The maximum Gasteiger partial charge on any atom is 0.335 e. The van der Waals surface area contributed by atoms with Gasteiger partial charge in [-0.15, -0.1) is 0 Å². The van der Waals surface area contributed by atoms with Gasteiger partial charge in [-0.2, -0.15) is 5.26 Å². The Balaban J connectivity index is 1.27. The molecule has 2 saturated heterocycles. The molecule has 6 rings (SSSR count). The number of nitriles is 1. The number of nitrogens with one attached hydrogen (secondary N) is 1. The van der Waals surface area contributed by atoms with Crippen LogP contribution in [0.25, 0.3) is 16.9 Å². The Labute approximate surface area is 248 Å². The number of rotatable bonds is 8. The van der Waals surface area contributed by atoms with Crippen molar-refractivity contribution in [3.8, 4) is 23.3 Å². The zero-order valence-electron chi connectivity index (χ0n) is 23.9. The van der Waals surface area contributed by atoms with Crippen LogP contribution in [0, 0.1) is 11.3 Å². The Hall–Kier alpha value is -4.99. The molecular weight excluding hydrogens is 548 g/mol. The van der Waals surface area contributed by atoms with Gasteiger partial charge in [-0.25, -0.2) is 14.8 Å². The van der Waals surface area contributed by atoms with E-state index in [1.807, 2.05) is 44.2 Å². The number of nitrogen functional groups attached to an aromatic ring is 1. The molecule has 2 fully saturated rings. The summed E-state index contributed by atoms with van der Waals surface area (Å²) in [6.07, 6.45) is 3.50. The van der Waals surface area contributed by atoms with Crippen molar-refractivity contribution in [1.82, 2.24) is 29.3 Å². The molecule has 0 bridgehead atoms. The third kappa shape index (κ3) is 5.60. The van der Waals surface area contributed by atoms with Crippen molar-refractivity contribution in [3.05, 3.63) is 83.1 Å². The van der Waals surface area contributed by atoms with E-state index in [0.717, 1.165) is 0 Å². The number of carbonyl (C=O) groups excluding carboxylic acids is 1. The molecule has 2 aliphatic rings. The van der Waals surface area contributed by atoms with Gasteiger partial charge in [0.25, 0.3) is 5.91 Å². The molecule has 0 aliphatic carbocycles. The lowest BCUT2D eigenvalue weighted by molar-refractivity contribution is -0.125. The highest BCUT2D eigenvalue weighted by Gasteiger charge is 2.34. The van der Waals surface area contributed by atoms with E-state index in [1.165, 1.54) is 10.9 Å². The standard InChI is InChI=1S/C31H32N8O4/c1-31(2,36-21-17-42-18-21)14-20(15-32)29(40)37-13-12-23(16-37)39-28-26(27(33)34-19-35-28)38(30(39)41)22-8-10-25(11-9-22)43-24-6-4-3-5-7-24/h3-11,14,19,21,23,36H,12-13,16-18H2,1-2H3,(H2,33,34,35)/b20-14-/t23-/m0/s1. The molecule has 2 aromatic carbocycles. The highest BCUT2D eigenvalue weighted by molar-refractivity contribution is 5.97. The predicted molar refractivity (Wildman–Crippen MR) is 160 cm³/mol. The minimum absolute atomic E-state index is 0.0533. The van der Waals surface area contributed by atoms with Gasteiger partial charge in [0.2, 0.25) is 0 Å². The van der Waals surface area contributed by atoms with Crippen molar-refractivity contribution >= 4 is 22.9 Å². The quantitative estimate of drug-likeness (QED) is 0.237. The number of fused-ring (bicyclic) bond motifs is 1. The maximum absolute atomic E-state index is 14.0. The molecule has 1 amide bonds. The highest BCUT2D eigenvalue weighted by atomic mass is 16.5. The summed E-state index contributed by atoms with van der Waals surface area (Å²) in [5, 5.41) is 13.2. The molecule has 1 atom stereocenters. The van der Waals surface area contributed by atoms with E-state index in [-0.39, 0.29) is 41.6 Å². The Morgan fingerprint density at radius 1 is 1.14 bits per heavy atom. The van der Waals surface area contributed by atoms with E-state index in [2.05, 4.69) is 21.4 Å². The molecule has 2 aliphatic heterocycles. The van der Waals surface area contributed by atoms with E-state index in [9.17, 15) is 14.9 Å². The summed E-state index contributed by atoms with van der Waals surface area (Å²) < 4.78 is 14.2. The van der Waals surface area contributed by atoms with Gasteiger partial charge in [-0.05, 0) is 62.7 Å². The molecule has 220 valence electrons. The topological polar surface area (TPSA) is 153 Å². The summed E-state index contributed by atoms with van der Waals surface area (Å²) in [7, 11) is 0. The first-order chi connectivity index (χ1) is 20.7. The van der Waals surface area contributed by atoms with Gasteiger partial charge in [0.15, 0.2) is 11.5 Å². The van der Waals surface area contributed by atoms with Crippen LogP contribution >= 0.6 is 0 Å². The van der Waals surface area contributed by atoms with Crippen molar-refractivity contribution < 1.29 is 14.3 Å². The summed E-state index contributed by atoms with van der Waals surface area (Å²) in [4.78, 5) is 37.6. The number of carbonyl (C=O) groups is 1. The van der Waals surface area contributed by atoms with Crippen molar-refractivity contribution in [2.24, 2.45) is 0 Å². The molecule has 12 nitrogen and oxygen atoms in total. The second kappa shape index (κ2) is 11.4. The molecule has 0 spiro atoms. The van der Waals surface area contributed by atoms with Gasteiger partial charge in [0.05, 0.1) is 31.0 Å². The minimum Gasteiger partial charge on any atom is -0.457 e. The fourth-order valence-corrected chi connectivity index (χ4v) is 5.62. The van der Waals surface area contributed by atoms with Gasteiger partial charge < -0.3 is 25.4 Å². The second-order valence-corrected chi connectivity index (χ2v) is 11.3. The summed E-state index contributed by atoms with van der Waals surface area (Å²) in [6.45, 7) is 5.67. The van der Waals surface area contributed by atoms with Gasteiger partial charge >= 0.3 is 5.69 Å². The lowest BCUT2D eigenvalue weighted by atomic mass is 9.99. The van der Waals surface area contributed by atoms with E-state index in [0.29, 0.717) is 54.5 Å². The van der Waals surface area contributed by atoms with Crippen molar-refractivity contribution in [3.63, 3.8) is 0 Å². The van der Waals surface area contributed by atoms with Crippen LogP contribution in [0.5, 0.6) is 11.5 Å². The summed E-state index contributed by atoms with van der Waals surface area (Å²) in [6, 6.07) is 18.4. The Bertz CT molecular complexity index is 1780. The third-order valence-electron chi connectivity index (χ3n) is 7.64. The van der Waals surface area contributed by atoms with Gasteiger partial charge in [-0.3, -0.25) is 13.9 Å². The maximum atomic E-state index is 14.0. The first-order valence-electron chi connectivity index (χ1n) is 14.1. The molecular formula is C31H32N8O4. The average Bonchev–Trinajstić information content (AvgIpc) is 3.57. The molecule has 4 heterocycles. The number of nitrogens with two attached hydrogens (primary N) is 1. The Morgan fingerprint density at radius 3 is 2.53 bits per heavy atom. The Morgan fingerprint density at radius 2 is 1.86 bits per heavy atom. The highest BCUT2D eigenvalue weighted by Crippen LogP contribution is 2.29. The van der Waals surface area contributed by atoms with Crippen LogP contribution in [-0.2, 0) is 9.53 Å². The first-order valence-corrected chi connectivity index (χ1v) is 14.1. The lowest BCUT2D eigenvalue weighted by Crippen LogP contribution is -2.54. The van der Waals surface area contributed by atoms with Crippen LogP contribution in [-0.4, -0.2) is 67.8 Å². The minimum atomic E-state index is -0.575. The van der Waals surface area contributed by atoms with Crippen LogP contribution in [0.15, 0.2) is 77.4 Å². The van der Waals surface area contributed by atoms with Gasteiger partial charge in [-0.1, -0.05) is 18.2 Å². The summed E-state index contributed by atoms with van der Waals surface area (Å²) in [5.74, 6) is 1.10. The second-order valence-electron chi connectivity index (χ2n) is 11.3. The SMILES string of the molecule is CC(C)(/C=C(/C#N)C(=O)N1CC[C@H](n2c(=O)n(-c3ccc(Oc4ccccc4)cc3)c3c(N)ncnc32)C1)NC1COC1. The fraction of sp³-hybridized carbons (Fsp3) is 0.323. The number of hydrogen-bond acceptors (Lipinski definition) is 9. The van der Waals surface area contributed by atoms with Crippen molar-refractivity contribution in [2.45, 2.75) is 37.9 Å². The van der Waals surface area contributed by atoms with Crippen molar-refractivity contribution in [1.29, 1.82) is 5.26 Å². The number of amides is 1. The summed E-state index contributed by atoms with van der Waals surface area (Å²) >= 11 is 0. The number of imidazole rings is 1. The average molecular weight is 581 g/mol. The number of para-hydroxylation sites is 1. The van der Waals surface area contributed by atoms with Crippen molar-refractivity contribution in [2.75, 3.05) is 32.0 Å². The predicted octanol–water partition coefficient (Wildman–Crippen LogP) is 2.95. The number of likely N-dealkylation sites (tertiary alicyclic amines) is 1. The van der Waals surface area contributed by atoms with E-state index >= 15 is 0 Å². The molecule has 2 aromatic heterocycles. The number of hydrogen-bond donors (Lipinski definition) is 2. The number of ether oxygens (including phenoxy) is 2. The zero-order chi connectivity index (χ0) is 30.1. The van der Waals surface area contributed by atoms with E-state index in [4.69, 9.17) is 15.2 Å². The number of benzene rings is 2. The molecule has 3 N–H and O–H groups in total. The largest absolute Gasteiger partial charge is 0.457 e. The van der Waals surface area contributed by atoms with Crippen LogP contribution in [0.2, 0.25) is 0 Å². The lowest BCUT2D eigenvalue weighted by Gasteiger charge is -2.34. The first kappa shape index (κ1) is 28.1. The number of aromatic nitrogens is 4. The number of anilines is 1. The van der Waals surface area contributed by atoms with Crippen LogP contribution in [0.4, 0.5) is 5.82 Å². The Kier molecular flexibility index (Phi) is 7.43. The molecule has 4 aromatic rings. The van der Waals surface area contributed by atoms with Crippen LogP contribution in [0.1, 0.15) is 26.3 Å². The molecule has 12 heteroatoms. The summed E-state index contributed by atoms with van der Waals surface area (Å²) in [5.41, 5.74) is 6.75. The third-order valence-corrected chi connectivity index (χ3v) is 7.64. The fourth-order valence-electron chi connectivity index (χ4n) is 5.62. The van der Waals surface area contributed by atoms with Gasteiger partial charge in [0, 0.05) is 18.6 Å². The molecule has 43 heavy (non-hydrogen) atoms. The van der Waals surface area contributed by atoms with Gasteiger partial charge in [0.1, 0.15) is 35.0 Å². The molecule has 0 radical (unpaired) electrons. The zero-order valence-corrected chi connectivity index (χ0v) is 23.9. The smallest absolute Gasteiger partial charge is 0.335 e. The monoisotopic (exact) mass is 580 g/mol.